The summed E-state index contributed by atoms with van der Waals surface area (Å²) in [5.41, 5.74) is 7.06. The van der Waals surface area contributed by atoms with Gasteiger partial charge in [-0.3, -0.25) is 4.79 Å². The minimum Gasteiger partial charge on any atom is -0.479 e. The van der Waals surface area contributed by atoms with Crippen LogP contribution in [0, 0.1) is 0 Å². The monoisotopic (exact) mass is 407 g/mol. The maximum absolute atomic E-state index is 12.2. The van der Waals surface area contributed by atoms with Gasteiger partial charge in [0.2, 0.25) is 11.9 Å². The molecular weight excluding hydrogens is 386 g/mol. The van der Waals surface area contributed by atoms with Crippen LogP contribution in [0.2, 0.25) is 0 Å². The first kappa shape index (κ1) is 20.7. The molecule has 0 amide bonds. The van der Waals surface area contributed by atoms with Gasteiger partial charge in [0, 0.05) is 11.3 Å². The molecule has 1 atom stereocenters. The summed E-state index contributed by atoms with van der Waals surface area (Å²) >= 11 is 0. The number of para-hydroxylation sites is 1. The minimum absolute atomic E-state index is 0.00402. The first-order chi connectivity index (χ1) is 14.4. The van der Waals surface area contributed by atoms with Crippen molar-refractivity contribution in [2.75, 3.05) is 11.1 Å². The number of aromatic nitrogens is 3. The van der Waals surface area contributed by atoms with Crippen LogP contribution in [0.4, 0.5) is 17.6 Å². The van der Waals surface area contributed by atoms with E-state index in [1.165, 1.54) is 6.92 Å². The number of hydrogen-bond acceptors (Lipinski definition) is 9. The molecule has 9 heteroatoms. The Hall–Kier alpha value is -4.01. The number of benzene rings is 2. The molecule has 2 aromatic carbocycles. The molecule has 1 heterocycles. The van der Waals surface area contributed by atoms with Gasteiger partial charge in [-0.05, 0) is 50.2 Å². The third kappa shape index (κ3) is 5.74. The fourth-order valence-electron chi connectivity index (χ4n) is 2.48. The molecular formula is C21H21N5O4. The zero-order chi connectivity index (χ0) is 21.5. The van der Waals surface area contributed by atoms with Crippen molar-refractivity contribution in [1.82, 2.24) is 15.0 Å². The lowest BCUT2D eigenvalue weighted by molar-refractivity contribution is -0.152. The molecule has 3 aromatic rings. The average molecular weight is 407 g/mol. The smallest absolute Gasteiger partial charge is 0.347 e. The highest BCUT2D eigenvalue weighted by Gasteiger charge is 2.18. The Kier molecular flexibility index (Phi) is 6.53. The van der Waals surface area contributed by atoms with Crippen LogP contribution >= 0.6 is 0 Å². The van der Waals surface area contributed by atoms with E-state index in [1.54, 1.807) is 31.2 Å². The summed E-state index contributed by atoms with van der Waals surface area (Å²) in [7, 11) is 0. The van der Waals surface area contributed by atoms with E-state index in [4.69, 9.17) is 15.2 Å². The topological polar surface area (TPSA) is 129 Å². The number of nitrogen functional groups attached to an aromatic ring is 1. The lowest BCUT2D eigenvalue weighted by Crippen LogP contribution is -2.26. The Balaban J connectivity index is 1.57. The number of carbonyl (C=O) groups is 2. The highest BCUT2D eigenvalue weighted by atomic mass is 16.6. The van der Waals surface area contributed by atoms with E-state index >= 15 is 0 Å². The highest BCUT2D eigenvalue weighted by Crippen LogP contribution is 2.16. The number of nitrogens with one attached hydrogen (secondary N) is 1. The van der Waals surface area contributed by atoms with Crippen molar-refractivity contribution < 1.29 is 19.1 Å². The number of nitrogens with two attached hydrogens (primary N) is 1. The first-order valence-corrected chi connectivity index (χ1v) is 9.17. The largest absolute Gasteiger partial charge is 0.479 e. The molecule has 3 N–H and O–H groups in total. The number of esters is 1. The van der Waals surface area contributed by atoms with Gasteiger partial charge in [0.1, 0.15) is 5.75 Å². The molecule has 0 spiro atoms. The number of nitrogens with zero attached hydrogens (tertiary/aromatic N) is 3. The number of carbonyl (C=O) groups excluding carboxylic acids is 2. The summed E-state index contributed by atoms with van der Waals surface area (Å²) in [5.74, 6) is 0.253. The van der Waals surface area contributed by atoms with Crippen molar-refractivity contribution in [2.45, 2.75) is 26.6 Å². The van der Waals surface area contributed by atoms with Crippen molar-refractivity contribution in [3.05, 3.63) is 66.0 Å². The van der Waals surface area contributed by atoms with E-state index in [0.29, 0.717) is 11.3 Å². The standard InChI is InChI=1S/C21H21N5O4/c1-13(27)15-8-10-17(11-9-15)30-14(2)19(28)29-12-18-24-20(22)26-21(25-18)23-16-6-4-3-5-7-16/h3-11,14H,12H2,1-2H3,(H3,22,23,24,25,26)/t14-/m0/s1. The average Bonchev–Trinajstić information content (AvgIpc) is 2.72. The van der Waals surface area contributed by atoms with Gasteiger partial charge in [0.05, 0.1) is 0 Å². The summed E-state index contributed by atoms with van der Waals surface area (Å²) in [5, 5.41) is 3.01. The molecule has 9 nitrogen and oxygen atoms in total. The van der Waals surface area contributed by atoms with Crippen LogP contribution in [0.15, 0.2) is 54.6 Å². The van der Waals surface area contributed by atoms with Gasteiger partial charge in [0.15, 0.2) is 24.3 Å². The molecule has 0 unspecified atom stereocenters. The van der Waals surface area contributed by atoms with Crippen LogP contribution in [0.5, 0.6) is 5.75 Å². The van der Waals surface area contributed by atoms with E-state index in [9.17, 15) is 9.59 Å². The fraction of sp³-hybridized carbons (Fsp3) is 0.190. The molecule has 0 fully saturated rings. The lowest BCUT2D eigenvalue weighted by atomic mass is 10.1. The van der Waals surface area contributed by atoms with Gasteiger partial charge in [-0.15, -0.1) is 0 Å². The van der Waals surface area contributed by atoms with Crippen molar-refractivity contribution in [1.29, 1.82) is 0 Å². The van der Waals surface area contributed by atoms with E-state index in [1.807, 2.05) is 30.3 Å². The van der Waals surface area contributed by atoms with Crippen molar-refractivity contribution in [3.63, 3.8) is 0 Å². The van der Waals surface area contributed by atoms with Crippen LogP contribution in [-0.2, 0) is 16.1 Å². The Morgan fingerprint density at radius 2 is 1.73 bits per heavy atom. The number of anilines is 3. The Morgan fingerprint density at radius 1 is 1.03 bits per heavy atom. The van der Waals surface area contributed by atoms with Gasteiger partial charge in [-0.1, -0.05) is 18.2 Å². The Bertz CT molecular complexity index is 1030. The van der Waals surface area contributed by atoms with Crippen LogP contribution in [0.25, 0.3) is 0 Å². The second-order valence-electron chi connectivity index (χ2n) is 6.37. The summed E-state index contributed by atoms with van der Waals surface area (Å²) in [6.07, 6.45) is -0.866. The molecule has 154 valence electrons. The number of ketones is 1. The molecule has 3 rings (SSSR count). The molecule has 0 bridgehead atoms. The lowest BCUT2D eigenvalue weighted by Gasteiger charge is -2.14. The molecule has 0 saturated heterocycles. The maximum Gasteiger partial charge on any atom is 0.347 e. The molecule has 0 radical (unpaired) electrons. The fourth-order valence-corrected chi connectivity index (χ4v) is 2.48. The summed E-state index contributed by atoms with van der Waals surface area (Å²) in [6, 6.07) is 15.8. The molecule has 30 heavy (non-hydrogen) atoms. The Labute approximate surface area is 173 Å². The van der Waals surface area contributed by atoms with Gasteiger partial charge < -0.3 is 20.5 Å². The van der Waals surface area contributed by atoms with Crippen LogP contribution in [0.1, 0.15) is 30.0 Å². The minimum atomic E-state index is -0.866. The summed E-state index contributed by atoms with van der Waals surface area (Å²) in [6.45, 7) is 2.85. The number of rotatable bonds is 8. The molecule has 0 saturated carbocycles. The van der Waals surface area contributed by atoms with Gasteiger partial charge in [0.25, 0.3) is 0 Å². The summed E-state index contributed by atoms with van der Waals surface area (Å²) in [4.78, 5) is 35.8. The molecule has 0 aliphatic rings. The van der Waals surface area contributed by atoms with E-state index < -0.39 is 12.1 Å². The van der Waals surface area contributed by atoms with Gasteiger partial charge in [-0.25, -0.2) is 4.79 Å². The maximum atomic E-state index is 12.2. The van der Waals surface area contributed by atoms with Crippen molar-refractivity contribution in [2.24, 2.45) is 0 Å². The molecule has 0 aliphatic heterocycles. The second-order valence-corrected chi connectivity index (χ2v) is 6.37. The zero-order valence-electron chi connectivity index (χ0n) is 16.5. The third-order valence-electron chi connectivity index (χ3n) is 3.98. The number of ether oxygens (including phenoxy) is 2. The predicted molar refractivity (Wildman–Crippen MR) is 110 cm³/mol. The number of Topliss-reactive ketones (excluding diaryl/α,β-unsaturated/α-hetero) is 1. The molecule has 1 aromatic heterocycles. The zero-order valence-corrected chi connectivity index (χ0v) is 16.5. The normalized spacial score (nSPS) is 11.4. The van der Waals surface area contributed by atoms with Gasteiger partial charge >= 0.3 is 5.97 Å². The van der Waals surface area contributed by atoms with Crippen LogP contribution in [0.3, 0.4) is 0 Å². The predicted octanol–water partition coefficient (Wildman–Crippen LogP) is 2.91. The SMILES string of the molecule is CC(=O)c1ccc(O[C@@H](C)C(=O)OCc2nc(N)nc(Nc3ccccc3)n2)cc1. The van der Waals surface area contributed by atoms with E-state index in [-0.39, 0.29) is 30.1 Å². The first-order valence-electron chi connectivity index (χ1n) is 9.17. The van der Waals surface area contributed by atoms with Crippen molar-refractivity contribution >= 4 is 29.3 Å². The highest BCUT2D eigenvalue weighted by molar-refractivity contribution is 5.94. The molecule has 0 aliphatic carbocycles. The van der Waals surface area contributed by atoms with Gasteiger partial charge in [-0.2, -0.15) is 15.0 Å². The van der Waals surface area contributed by atoms with E-state index in [2.05, 4.69) is 20.3 Å². The van der Waals surface area contributed by atoms with Crippen LogP contribution in [-0.4, -0.2) is 32.8 Å². The number of hydrogen-bond donors (Lipinski definition) is 2. The second kappa shape index (κ2) is 9.46. The quantitative estimate of drug-likeness (QED) is 0.427. The summed E-state index contributed by atoms with van der Waals surface area (Å²) < 4.78 is 10.8. The Morgan fingerprint density at radius 3 is 2.40 bits per heavy atom. The van der Waals surface area contributed by atoms with Crippen LogP contribution < -0.4 is 15.8 Å². The van der Waals surface area contributed by atoms with Crippen molar-refractivity contribution in [3.8, 4) is 5.75 Å². The van der Waals surface area contributed by atoms with E-state index in [0.717, 1.165) is 5.69 Å². The third-order valence-corrected chi connectivity index (χ3v) is 3.98.